The molecule has 1 atom stereocenters. The highest BCUT2D eigenvalue weighted by atomic mass is 32.2. The van der Waals surface area contributed by atoms with Crippen molar-refractivity contribution >= 4 is 51.0 Å². The summed E-state index contributed by atoms with van der Waals surface area (Å²) in [5, 5.41) is 11.2. The molecule has 2 heterocycles. The predicted molar refractivity (Wildman–Crippen MR) is 123 cm³/mol. The Morgan fingerprint density at radius 2 is 1.94 bits per heavy atom. The van der Waals surface area contributed by atoms with Gasteiger partial charge in [-0.05, 0) is 31.2 Å². The molecule has 2 aromatic carbocycles. The summed E-state index contributed by atoms with van der Waals surface area (Å²) in [5.41, 5.74) is 2.33. The number of ether oxygens (including phenoxy) is 1. The van der Waals surface area contributed by atoms with Gasteiger partial charge in [0.2, 0.25) is 5.91 Å². The van der Waals surface area contributed by atoms with E-state index in [4.69, 9.17) is 4.74 Å². The summed E-state index contributed by atoms with van der Waals surface area (Å²) in [6, 6.07) is 16.9. The minimum Gasteiger partial charge on any atom is -0.494 e. The highest BCUT2D eigenvalue weighted by Gasteiger charge is 2.41. The number of aliphatic carboxylic acids is 1. The maximum absolute atomic E-state index is 13.0. The molecule has 1 saturated heterocycles. The molecule has 1 aromatic heterocycles. The number of aromatic nitrogens is 1. The van der Waals surface area contributed by atoms with Crippen LogP contribution in [-0.2, 0) is 9.59 Å². The maximum Gasteiger partial charge on any atom is 0.305 e. The number of anilines is 1. The number of nitrogens with zero attached hydrogens (tertiary/aromatic N) is 3. The molecule has 0 radical (unpaired) electrons. The van der Waals surface area contributed by atoms with Gasteiger partial charge in [0.15, 0.2) is 10.3 Å². The Kier molecular flexibility index (Phi) is 6.34. The normalized spacial score (nSPS) is 17.3. The van der Waals surface area contributed by atoms with E-state index in [0.717, 1.165) is 28.8 Å². The molecule has 9 heteroatoms. The third-order valence-corrected chi connectivity index (χ3v) is 6.38. The number of carbonyl (C=O) groups is 2. The fourth-order valence-corrected chi connectivity index (χ4v) is 5.03. The summed E-state index contributed by atoms with van der Waals surface area (Å²) in [6.07, 6.45) is -0.279. The van der Waals surface area contributed by atoms with Gasteiger partial charge in [0.25, 0.3) is 0 Å². The van der Waals surface area contributed by atoms with Gasteiger partial charge >= 0.3 is 5.97 Å². The Hall–Kier alpha value is -3.17. The van der Waals surface area contributed by atoms with E-state index >= 15 is 0 Å². The van der Waals surface area contributed by atoms with Gasteiger partial charge in [-0.2, -0.15) is 0 Å². The van der Waals surface area contributed by atoms with E-state index in [2.05, 4.69) is 9.98 Å². The lowest BCUT2D eigenvalue weighted by molar-refractivity contribution is -0.138. The van der Waals surface area contributed by atoms with Crippen LogP contribution in [0.4, 0.5) is 10.8 Å². The molecule has 1 aliphatic heterocycles. The first-order valence-corrected chi connectivity index (χ1v) is 11.4. The Balaban J connectivity index is 1.67. The van der Waals surface area contributed by atoms with Crippen molar-refractivity contribution in [1.29, 1.82) is 0 Å². The second-order valence-electron chi connectivity index (χ2n) is 6.58. The van der Waals surface area contributed by atoms with Crippen molar-refractivity contribution in [2.24, 2.45) is 4.99 Å². The molecule has 158 valence electrons. The fraction of sp³-hybridized carbons (Fsp3) is 0.182. The first-order chi connectivity index (χ1) is 15.0. The molecule has 0 unspecified atom stereocenters. The molecule has 3 aromatic rings. The summed E-state index contributed by atoms with van der Waals surface area (Å²) in [6.45, 7) is 2.48. The van der Waals surface area contributed by atoms with Crippen LogP contribution in [0.1, 0.15) is 13.3 Å². The van der Waals surface area contributed by atoms with Gasteiger partial charge in [0.05, 0.1) is 24.4 Å². The minimum absolute atomic E-state index is 0.279. The van der Waals surface area contributed by atoms with Gasteiger partial charge in [-0.1, -0.05) is 42.1 Å². The van der Waals surface area contributed by atoms with Gasteiger partial charge in [0.1, 0.15) is 11.0 Å². The molecule has 31 heavy (non-hydrogen) atoms. The van der Waals surface area contributed by atoms with Gasteiger partial charge in [-0.15, -0.1) is 11.3 Å². The van der Waals surface area contributed by atoms with Crippen LogP contribution in [0, 0.1) is 0 Å². The number of carboxylic acid groups (broad SMARTS) is 1. The third-order valence-electron chi connectivity index (χ3n) is 4.42. The van der Waals surface area contributed by atoms with Gasteiger partial charge in [-0.25, -0.2) is 14.9 Å². The molecule has 1 fully saturated rings. The van der Waals surface area contributed by atoms with Crippen molar-refractivity contribution in [1.82, 2.24) is 4.98 Å². The number of carboxylic acids is 1. The summed E-state index contributed by atoms with van der Waals surface area (Å²) in [7, 11) is 0. The van der Waals surface area contributed by atoms with Gasteiger partial charge in [-0.3, -0.25) is 9.59 Å². The van der Waals surface area contributed by atoms with Crippen LogP contribution in [0.15, 0.2) is 65.0 Å². The Bertz CT molecular complexity index is 1110. The molecule has 1 aliphatic rings. The number of amidine groups is 1. The van der Waals surface area contributed by atoms with Crippen LogP contribution >= 0.6 is 23.1 Å². The Labute approximate surface area is 187 Å². The predicted octanol–water partition coefficient (Wildman–Crippen LogP) is 4.82. The lowest BCUT2D eigenvalue weighted by Crippen LogP contribution is -2.32. The van der Waals surface area contributed by atoms with E-state index in [1.165, 1.54) is 16.2 Å². The molecule has 0 aliphatic carbocycles. The van der Waals surface area contributed by atoms with Gasteiger partial charge in [0, 0.05) is 10.9 Å². The highest BCUT2D eigenvalue weighted by Crippen LogP contribution is 2.38. The van der Waals surface area contributed by atoms with Crippen LogP contribution in [0.3, 0.4) is 0 Å². The molecular formula is C22H19N3O4S2. The van der Waals surface area contributed by atoms with Crippen molar-refractivity contribution in [3.05, 3.63) is 60.0 Å². The van der Waals surface area contributed by atoms with E-state index in [0.29, 0.717) is 22.6 Å². The smallest absolute Gasteiger partial charge is 0.305 e. The minimum atomic E-state index is -1.03. The molecule has 4 rings (SSSR count). The first-order valence-electron chi connectivity index (χ1n) is 9.60. The number of hydrogen-bond donors (Lipinski definition) is 1. The van der Waals surface area contributed by atoms with E-state index in [-0.39, 0.29) is 12.3 Å². The average molecular weight is 454 g/mol. The molecule has 0 spiro atoms. The van der Waals surface area contributed by atoms with Crippen LogP contribution < -0.4 is 9.64 Å². The van der Waals surface area contributed by atoms with Crippen molar-refractivity contribution in [2.45, 2.75) is 18.6 Å². The first kappa shape index (κ1) is 21.1. The number of hydrogen-bond acceptors (Lipinski definition) is 7. The molecule has 0 bridgehead atoms. The number of aliphatic imine (C=N–C) groups is 1. The Morgan fingerprint density at radius 1 is 1.19 bits per heavy atom. The van der Waals surface area contributed by atoms with Crippen molar-refractivity contribution < 1.29 is 19.4 Å². The zero-order valence-corrected chi connectivity index (χ0v) is 18.2. The summed E-state index contributed by atoms with van der Waals surface area (Å²) in [5.74, 6) is -0.627. The lowest BCUT2D eigenvalue weighted by Gasteiger charge is -2.12. The molecule has 1 amide bonds. The van der Waals surface area contributed by atoms with E-state index in [1.54, 1.807) is 24.3 Å². The Morgan fingerprint density at radius 3 is 2.61 bits per heavy atom. The molecule has 0 saturated carbocycles. The maximum atomic E-state index is 13.0. The van der Waals surface area contributed by atoms with Crippen molar-refractivity contribution in [3.8, 4) is 17.0 Å². The molecular weight excluding hydrogens is 434 g/mol. The second kappa shape index (κ2) is 9.32. The van der Waals surface area contributed by atoms with Crippen molar-refractivity contribution in [3.63, 3.8) is 0 Å². The number of thioether (sulfide) groups is 1. The van der Waals surface area contributed by atoms with Crippen LogP contribution in [-0.4, -0.2) is 39.0 Å². The summed E-state index contributed by atoms with van der Waals surface area (Å²) < 4.78 is 5.45. The number of benzene rings is 2. The number of thiazole rings is 1. The average Bonchev–Trinajstić information content (AvgIpc) is 3.35. The van der Waals surface area contributed by atoms with Crippen molar-refractivity contribution in [2.75, 3.05) is 11.5 Å². The van der Waals surface area contributed by atoms with E-state index in [1.807, 2.05) is 42.6 Å². The third kappa shape index (κ3) is 4.78. The standard InChI is InChI=1S/C22H19N3O4S2/c1-2-29-16-10-8-15(9-11-16)23-22-25(20(28)18(31-22)12-19(26)27)21-24-17(13-30-21)14-6-4-3-5-7-14/h3-11,13,18H,2,12H2,1H3,(H,26,27)/t18-/m0/s1. The second-order valence-corrected chi connectivity index (χ2v) is 8.59. The number of amides is 1. The molecule has 1 N–H and O–H groups in total. The SMILES string of the molecule is CCOc1ccc(N=C2S[C@@H](CC(=O)O)C(=O)N2c2nc(-c3ccccc3)cs2)cc1. The van der Waals surface area contributed by atoms with Crippen LogP contribution in [0.5, 0.6) is 5.75 Å². The quantitative estimate of drug-likeness (QED) is 0.551. The molecule has 7 nitrogen and oxygen atoms in total. The van der Waals surface area contributed by atoms with E-state index < -0.39 is 11.2 Å². The van der Waals surface area contributed by atoms with Crippen LogP contribution in [0.2, 0.25) is 0 Å². The van der Waals surface area contributed by atoms with E-state index in [9.17, 15) is 14.7 Å². The largest absolute Gasteiger partial charge is 0.494 e. The zero-order valence-electron chi connectivity index (χ0n) is 16.6. The van der Waals surface area contributed by atoms with Crippen LogP contribution in [0.25, 0.3) is 11.3 Å². The number of carbonyl (C=O) groups excluding carboxylic acids is 1. The zero-order chi connectivity index (χ0) is 21.8. The lowest BCUT2D eigenvalue weighted by atomic mass is 10.2. The summed E-state index contributed by atoms with van der Waals surface area (Å²) in [4.78, 5) is 34.9. The van der Waals surface area contributed by atoms with Gasteiger partial charge < -0.3 is 9.84 Å². The monoisotopic (exact) mass is 453 g/mol. The topological polar surface area (TPSA) is 92.1 Å². The highest BCUT2D eigenvalue weighted by molar-refractivity contribution is 8.16. The summed E-state index contributed by atoms with van der Waals surface area (Å²) >= 11 is 2.47. The number of rotatable bonds is 7. The fourth-order valence-electron chi connectivity index (χ4n) is 3.01.